The Morgan fingerprint density at radius 1 is 1.04 bits per heavy atom. The van der Waals surface area contributed by atoms with Gasteiger partial charge in [-0.1, -0.05) is 29.0 Å². The van der Waals surface area contributed by atoms with Crippen LogP contribution in [0.4, 0.5) is 10.8 Å². The van der Waals surface area contributed by atoms with Crippen molar-refractivity contribution in [2.75, 3.05) is 10.6 Å². The number of carbonyl (C=O) groups is 2. The highest BCUT2D eigenvalue weighted by Gasteiger charge is 2.12. The summed E-state index contributed by atoms with van der Waals surface area (Å²) in [4.78, 5) is 28.0. The lowest BCUT2D eigenvalue weighted by molar-refractivity contribution is -0.114. The normalized spacial score (nSPS) is 10.6. The molecule has 6 heteroatoms. The van der Waals surface area contributed by atoms with Gasteiger partial charge in [-0.25, -0.2) is 4.98 Å². The molecule has 0 aliphatic rings. The predicted molar refractivity (Wildman–Crippen MR) is 97.8 cm³/mol. The van der Waals surface area contributed by atoms with E-state index in [-0.39, 0.29) is 11.8 Å². The molecule has 24 heavy (non-hydrogen) atoms. The monoisotopic (exact) mass is 339 g/mol. The summed E-state index contributed by atoms with van der Waals surface area (Å²) in [6, 6.07) is 11.2. The summed E-state index contributed by atoms with van der Waals surface area (Å²) in [7, 11) is 0. The van der Waals surface area contributed by atoms with E-state index in [0.29, 0.717) is 16.4 Å². The van der Waals surface area contributed by atoms with Gasteiger partial charge in [-0.2, -0.15) is 0 Å². The second-order valence-electron chi connectivity index (χ2n) is 5.66. The number of hydrogen-bond donors (Lipinski definition) is 2. The molecule has 2 amide bonds. The average Bonchev–Trinajstić information content (AvgIpc) is 2.90. The molecule has 0 aliphatic heterocycles. The molecule has 0 aliphatic carbocycles. The highest BCUT2D eigenvalue weighted by Crippen LogP contribution is 2.29. The second-order valence-corrected chi connectivity index (χ2v) is 6.69. The van der Waals surface area contributed by atoms with E-state index in [0.717, 1.165) is 21.3 Å². The van der Waals surface area contributed by atoms with Crippen LogP contribution in [0.15, 0.2) is 36.4 Å². The molecule has 3 rings (SSSR count). The van der Waals surface area contributed by atoms with Crippen molar-refractivity contribution in [3.8, 4) is 0 Å². The molecule has 0 unspecified atom stereocenters. The van der Waals surface area contributed by atoms with E-state index in [9.17, 15) is 9.59 Å². The second kappa shape index (κ2) is 6.41. The Balaban J connectivity index is 1.86. The third kappa shape index (κ3) is 3.44. The molecular weight excluding hydrogens is 322 g/mol. The maximum atomic E-state index is 12.5. The molecule has 0 atom stereocenters. The van der Waals surface area contributed by atoms with Crippen molar-refractivity contribution in [2.45, 2.75) is 20.8 Å². The zero-order valence-corrected chi connectivity index (χ0v) is 14.5. The van der Waals surface area contributed by atoms with Crippen LogP contribution in [0.5, 0.6) is 0 Å². The Kier molecular flexibility index (Phi) is 4.31. The quantitative estimate of drug-likeness (QED) is 0.754. The fourth-order valence-corrected chi connectivity index (χ4v) is 3.30. The Hall–Kier alpha value is -2.73. The van der Waals surface area contributed by atoms with Gasteiger partial charge in [0.15, 0.2) is 5.13 Å². The number of nitrogens with one attached hydrogen (secondary N) is 2. The van der Waals surface area contributed by atoms with Crippen LogP contribution in [0.3, 0.4) is 0 Å². The van der Waals surface area contributed by atoms with Crippen LogP contribution in [0, 0.1) is 13.8 Å². The van der Waals surface area contributed by atoms with Crippen LogP contribution in [0.1, 0.15) is 28.4 Å². The van der Waals surface area contributed by atoms with E-state index in [1.165, 1.54) is 18.3 Å². The Morgan fingerprint density at radius 2 is 1.83 bits per heavy atom. The maximum absolute atomic E-state index is 12.5. The topological polar surface area (TPSA) is 71.1 Å². The van der Waals surface area contributed by atoms with Gasteiger partial charge in [0.05, 0.1) is 10.2 Å². The molecule has 2 N–H and O–H groups in total. The lowest BCUT2D eigenvalue weighted by Gasteiger charge is -2.06. The number of amides is 2. The van der Waals surface area contributed by atoms with E-state index in [2.05, 4.69) is 15.6 Å². The standard InChI is InChI=1S/C18H17N3O2S/c1-10-4-5-11(2)14(8-10)17(23)21-18-20-15-7-6-13(19-12(3)22)9-16(15)24-18/h4-9H,1-3H3,(H,19,22)(H,20,21,23). The number of benzene rings is 2. The van der Waals surface area contributed by atoms with Crippen LogP contribution in [-0.4, -0.2) is 16.8 Å². The minimum atomic E-state index is -0.169. The number of aryl methyl sites for hydroxylation is 2. The number of hydrogen-bond acceptors (Lipinski definition) is 4. The number of carbonyl (C=O) groups excluding carboxylic acids is 2. The summed E-state index contributed by atoms with van der Waals surface area (Å²) in [5, 5.41) is 6.13. The molecule has 122 valence electrons. The molecular formula is C18H17N3O2S. The number of aromatic nitrogens is 1. The van der Waals surface area contributed by atoms with Crippen molar-refractivity contribution in [3.63, 3.8) is 0 Å². The number of fused-ring (bicyclic) bond motifs is 1. The summed E-state index contributed by atoms with van der Waals surface area (Å²) in [5.41, 5.74) is 4.10. The van der Waals surface area contributed by atoms with Crippen LogP contribution in [0.25, 0.3) is 10.2 Å². The molecule has 2 aromatic carbocycles. The van der Waals surface area contributed by atoms with Gasteiger partial charge in [-0.05, 0) is 43.7 Å². The largest absolute Gasteiger partial charge is 0.326 e. The molecule has 5 nitrogen and oxygen atoms in total. The summed E-state index contributed by atoms with van der Waals surface area (Å²) in [6.07, 6.45) is 0. The van der Waals surface area contributed by atoms with Crippen LogP contribution in [-0.2, 0) is 4.79 Å². The Labute approximate surface area is 143 Å². The van der Waals surface area contributed by atoms with Crippen molar-refractivity contribution in [3.05, 3.63) is 53.1 Å². The number of rotatable bonds is 3. The molecule has 1 aromatic heterocycles. The number of anilines is 2. The van der Waals surface area contributed by atoms with E-state index >= 15 is 0 Å². The molecule has 0 spiro atoms. The van der Waals surface area contributed by atoms with Crippen molar-refractivity contribution in [2.24, 2.45) is 0 Å². The fraction of sp³-hybridized carbons (Fsp3) is 0.167. The van der Waals surface area contributed by atoms with Gasteiger partial charge in [0.1, 0.15) is 0 Å². The molecule has 1 heterocycles. The van der Waals surface area contributed by atoms with Gasteiger partial charge >= 0.3 is 0 Å². The van der Waals surface area contributed by atoms with E-state index < -0.39 is 0 Å². The number of thiazole rings is 1. The zero-order chi connectivity index (χ0) is 17.3. The van der Waals surface area contributed by atoms with Crippen LogP contribution >= 0.6 is 11.3 Å². The van der Waals surface area contributed by atoms with Gasteiger partial charge in [0.2, 0.25) is 5.91 Å². The lowest BCUT2D eigenvalue weighted by Crippen LogP contribution is -2.13. The summed E-state index contributed by atoms with van der Waals surface area (Å²) >= 11 is 1.38. The average molecular weight is 339 g/mol. The van der Waals surface area contributed by atoms with Crippen molar-refractivity contribution < 1.29 is 9.59 Å². The fourth-order valence-electron chi connectivity index (χ4n) is 2.40. The first-order valence-corrected chi connectivity index (χ1v) is 8.31. The minimum Gasteiger partial charge on any atom is -0.326 e. The van der Waals surface area contributed by atoms with Gasteiger partial charge in [-0.3, -0.25) is 14.9 Å². The van der Waals surface area contributed by atoms with E-state index in [4.69, 9.17) is 0 Å². The third-order valence-corrected chi connectivity index (χ3v) is 4.50. The van der Waals surface area contributed by atoms with Gasteiger partial charge in [-0.15, -0.1) is 0 Å². The smallest absolute Gasteiger partial charge is 0.257 e. The Bertz CT molecular complexity index is 947. The van der Waals surface area contributed by atoms with Crippen molar-refractivity contribution >= 4 is 44.2 Å². The van der Waals surface area contributed by atoms with Crippen LogP contribution < -0.4 is 10.6 Å². The maximum Gasteiger partial charge on any atom is 0.257 e. The van der Waals surface area contributed by atoms with Crippen molar-refractivity contribution in [1.29, 1.82) is 0 Å². The first-order chi connectivity index (χ1) is 11.4. The van der Waals surface area contributed by atoms with Crippen LogP contribution in [0.2, 0.25) is 0 Å². The lowest BCUT2D eigenvalue weighted by atomic mass is 10.1. The Morgan fingerprint density at radius 3 is 2.58 bits per heavy atom. The number of nitrogens with zero attached hydrogens (tertiary/aromatic N) is 1. The third-order valence-electron chi connectivity index (χ3n) is 3.57. The summed E-state index contributed by atoms with van der Waals surface area (Å²) < 4.78 is 0.900. The van der Waals surface area contributed by atoms with Gasteiger partial charge in [0.25, 0.3) is 5.91 Å². The SMILES string of the molecule is CC(=O)Nc1ccc2nc(NC(=O)c3cc(C)ccc3C)sc2c1. The molecule has 0 saturated heterocycles. The first kappa shape index (κ1) is 16.1. The highest BCUT2D eigenvalue weighted by atomic mass is 32.1. The highest BCUT2D eigenvalue weighted by molar-refractivity contribution is 7.22. The first-order valence-electron chi connectivity index (χ1n) is 7.49. The molecule has 0 saturated carbocycles. The van der Waals surface area contributed by atoms with Gasteiger partial charge < -0.3 is 5.32 Å². The summed E-state index contributed by atoms with van der Waals surface area (Å²) in [5.74, 6) is -0.292. The van der Waals surface area contributed by atoms with Crippen molar-refractivity contribution in [1.82, 2.24) is 4.98 Å². The molecule has 0 fully saturated rings. The molecule has 3 aromatic rings. The predicted octanol–water partition coefficient (Wildman–Crippen LogP) is 4.12. The molecule has 0 radical (unpaired) electrons. The zero-order valence-electron chi connectivity index (χ0n) is 13.6. The van der Waals surface area contributed by atoms with E-state index in [1.807, 2.05) is 44.2 Å². The van der Waals surface area contributed by atoms with E-state index in [1.54, 1.807) is 6.07 Å². The van der Waals surface area contributed by atoms with Gasteiger partial charge in [0, 0.05) is 18.2 Å². The minimum absolute atomic E-state index is 0.123. The molecule has 0 bridgehead atoms. The summed E-state index contributed by atoms with van der Waals surface area (Å²) in [6.45, 7) is 5.33.